The molecule has 0 saturated carbocycles. The standard InChI is InChI=1S/C20H19Cl2FN4S/c1-11-15(21)6-5-9-18(11)24-20(28)25-19-12(2)26-27(13(19)3)10-14-16(22)7-4-8-17(14)23/h4-9H,10H2,1-3H3,(H2,24,25,28). The minimum atomic E-state index is -0.358. The van der Waals surface area contributed by atoms with Gasteiger partial charge in [-0.05, 0) is 62.8 Å². The number of hydrogen-bond donors (Lipinski definition) is 2. The lowest BCUT2D eigenvalue weighted by Crippen LogP contribution is -2.20. The summed E-state index contributed by atoms with van der Waals surface area (Å²) in [6, 6.07) is 10.2. The predicted octanol–water partition coefficient (Wildman–Crippen LogP) is 6.11. The highest BCUT2D eigenvalue weighted by Crippen LogP contribution is 2.26. The van der Waals surface area contributed by atoms with E-state index in [2.05, 4.69) is 15.7 Å². The second-order valence-electron chi connectivity index (χ2n) is 6.40. The molecule has 1 heterocycles. The molecule has 0 spiro atoms. The third-order valence-corrected chi connectivity index (χ3v) is 5.47. The van der Waals surface area contributed by atoms with Crippen LogP contribution in [0.4, 0.5) is 15.8 Å². The minimum absolute atomic E-state index is 0.230. The Hall–Kier alpha value is -2.15. The van der Waals surface area contributed by atoms with Crippen molar-refractivity contribution >= 4 is 51.9 Å². The van der Waals surface area contributed by atoms with Gasteiger partial charge < -0.3 is 10.6 Å². The Bertz CT molecular complexity index is 1030. The third-order valence-electron chi connectivity index (χ3n) is 4.51. The zero-order chi connectivity index (χ0) is 20.4. The van der Waals surface area contributed by atoms with Gasteiger partial charge in [0.25, 0.3) is 0 Å². The van der Waals surface area contributed by atoms with Crippen LogP contribution in [0.5, 0.6) is 0 Å². The molecule has 0 atom stereocenters. The van der Waals surface area contributed by atoms with Crippen molar-refractivity contribution < 1.29 is 4.39 Å². The lowest BCUT2D eigenvalue weighted by molar-refractivity contribution is 0.579. The van der Waals surface area contributed by atoms with E-state index in [0.29, 0.717) is 20.7 Å². The molecule has 0 amide bonds. The van der Waals surface area contributed by atoms with Crippen molar-refractivity contribution in [3.63, 3.8) is 0 Å². The third kappa shape index (κ3) is 4.29. The number of hydrogen-bond acceptors (Lipinski definition) is 2. The fourth-order valence-electron chi connectivity index (χ4n) is 2.87. The number of nitrogens with zero attached hydrogens (tertiary/aromatic N) is 2. The highest BCUT2D eigenvalue weighted by Gasteiger charge is 2.16. The maximum absolute atomic E-state index is 14.1. The molecule has 146 valence electrons. The Morgan fingerprint density at radius 2 is 1.75 bits per heavy atom. The Kier molecular flexibility index (Phi) is 6.23. The van der Waals surface area contributed by atoms with E-state index in [4.69, 9.17) is 35.4 Å². The Morgan fingerprint density at radius 3 is 2.46 bits per heavy atom. The van der Waals surface area contributed by atoms with E-state index in [-0.39, 0.29) is 12.4 Å². The molecule has 2 aromatic carbocycles. The number of halogens is 3. The van der Waals surface area contributed by atoms with Gasteiger partial charge in [-0.1, -0.05) is 35.3 Å². The van der Waals surface area contributed by atoms with Crippen LogP contribution in [0.25, 0.3) is 0 Å². The predicted molar refractivity (Wildman–Crippen MR) is 118 cm³/mol. The molecule has 2 N–H and O–H groups in total. The summed E-state index contributed by atoms with van der Waals surface area (Å²) in [5, 5.41) is 12.3. The van der Waals surface area contributed by atoms with Gasteiger partial charge in [-0.25, -0.2) is 4.39 Å². The molecular weight excluding hydrogens is 418 g/mol. The molecule has 28 heavy (non-hydrogen) atoms. The number of thiocarbonyl (C=S) groups is 1. The Labute approximate surface area is 178 Å². The van der Waals surface area contributed by atoms with Crippen molar-refractivity contribution in [2.45, 2.75) is 27.3 Å². The van der Waals surface area contributed by atoms with E-state index in [1.54, 1.807) is 16.8 Å². The molecule has 0 fully saturated rings. The fraction of sp³-hybridized carbons (Fsp3) is 0.200. The molecule has 8 heteroatoms. The van der Waals surface area contributed by atoms with E-state index >= 15 is 0 Å². The van der Waals surface area contributed by atoms with E-state index in [1.165, 1.54) is 6.07 Å². The van der Waals surface area contributed by atoms with E-state index < -0.39 is 0 Å². The topological polar surface area (TPSA) is 41.9 Å². The average Bonchev–Trinajstić information content (AvgIpc) is 2.89. The molecule has 0 unspecified atom stereocenters. The smallest absolute Gasteiger partial charge is 0.175 e. The van der Waals surface area contributed by atoms with Crippen molar-refractivity contribution in [2.75, 3.05) is 10.6 Å². The van der Waals surface area contributed by atoms with Crippen molar-refractivity contribution in [2.24, 2.45) is 0 Å². The molecule has 4 nitrogen and oxygen atoms in total. The number of anilines is 2. The van der Waals surface area contributed by atoms with Crippen LogP contribution in [-0.2, 0) is 6.54 Å². The number of aromatic nitrogens is 2. The summed E-state index contributed by atoms with van der Waals surface area (Å²) in [5.74, 6) is -0.358. The van der Waals surface area contributed by atoms with Crippen molar-refractivity contribution in [1.29, 1.82) is 0 Å². The first-order valence-electron chi connectivity index (χ1n) is 8.58. The van der Waals surface area contributed by atoms with Gasteiger partial charge in [-0.2, -0.15) is 5.10 Å². The van der Waals surface area contributed by atoms with Gasteiger partial charge in [0.2, 0.25) is 0 Å². The van der Waals surface area contributed by atoms with Gasteiger partial charge in [0.05, 0.1) is 23.6 Å². The number of benzene rings is 2. The number of aryl methyl sites for hydroxylation is 1. The van der Waals surface area contributed by atoms with Gasteiger partial charge in [0.1, 0.15) is 5.82 Å². The van der Waals surface area contributed by atoms with Crippen LogP contribution < -0.4 is 10.6 Å². The first kappa shape index (κ1) is 20.6. The van der Waals surface area contributed by atoms with E-state index in [1.807, 2.05) is 39.0 Å². The molecule has 3 rings (SSSR count). The van der Waals surface area contributed by atoms with Gasteiger partial charge >= 0.3 is 0 Å². The minimum Gasteiger partial charge on any atom is -0.332 e. The molecule has 0 aliphatic rings. The quantitative estimate of drug-likeness (QED) is 0.483. The molecule has 0 bridgehead atoms. The molecule has 0 radical (unpaired) electrons. The molecular formula is C20H19Cl2FN4S. The zero-order valence-electron chi connectivity index (χ0n) is 15.6. The summed E-state index contributed by atoms with van der Waals surface area (Å²) in [6.45, 7) is 5.90. The highest BCUT2D eigenvalue weighted by molar-refractivity contribution is 7.80. The second kappa shape index (κ2) is 8.47. The van der Waals surface area contributed by atoms with Crippen LogP contribution >= 0.6 is 35.4 Å². The van der Waals surface area contributed by atoms with Crippen molar-refractivity contribution in [3.05, 3.63) is 74.8 Å². The largest absolute Gasteiger partial charge is 0.332 e. The van der Waals surface area contributed by atoms with E-state index in [0.717, 1.165) is 28.3 Å². The summed E-state index contributed by atoms with van der Waals surface area (Å²) in [7, 11) is 0. The lowest BCUT2D eigenvalue weighted by Gasteiger charge is -2.14. The highest BCUT2D eigenvalue weighted by atomic mass is 35.5. The zero-order valence-corrected chi connectivity index (χ0v) is 17.9. The monoisotopic (exact) mass is 436 g/mol. The van der Waals surface area contributed by atoms with E-state index in [9.17, 15) is 4.39 Å². The second-order valence-corrected chi connectivity index (χ2v) is 7.62. The summed E-state index contributed by atoms with van der Waals surface area (Å²) >= 11 is 17.7. The molecule has 0 aliphatic heterocycles. The van der Waals surface area contributed by atoms with Gasteiger partial charge in [0.15, 0.2) is 5.11 Å². The number of nitrogens with one attached hydrogen (secondary N) is 2. The van der Waals surface area contributed by atoms with Crippen LogP contribution in [0.2, 0.25) is 10.0 Å². The molecule has 3 aromatic rings. The first-order chi connectivity index (χ1) is 13.3. The normalized spacial score (nSPS) is 10.8. The van der Waals surface area contributed by atoms with Crippen LogP contribution in [0.3, 0.4) is 0 Å². The van der Waals surface area contributed by atoms with Crippen LogP contribution in [0, 0.1) is 26.6 Å². The Balaban J connectivity index is 1.80. The fourth-order valence-corrected chi connectivity index (χ4v) is 3.48. The summed E-state index contributed by atoms with van der Waals surface area (Å²) < 4.78 is 15.8. The lowest BCUT2D eigenvalue weighted by atomic mass is 10.2. The van der Waals surface area contributed by atoms with Crippen LogP contribution in [-0.4, -0.2) is 14.9 Å². The number of rotatable bonds is 4. The van der Waals surface area contributed by atoms with Gasteiger partial charge in [-0.3, -0.25) is 4.68 Å². The maximum Gasteiger partial charge on any atom is 0.175 e. The van der Waals surface area contributed by atoms with Crippen LogP contribution in [0.15, 0.2) is 36.4 Å². The maximum atomic E-state index is 14.1. The molecule has 1 aromatic heterocycles. The molecule has 0 saturated heterocycles. The summed E-state index contributed by atoms with van der Waals surface area (Å²) in [4.78, 5) is 0. The van der Waals surface area contributed by atoms with Crippen LogP contribution in [0.1, 0.15) is 22.5 Å². The van der Waals surface area contributed by atoms with Crippen molar-refractivity contribution in [3.8, 4) is 0 Å². The van der Waals surface area contributed by atoms with Gasteiger partial charge in [-0.15, -0.1) is 0 Å². The van der Waals surface area contributed by atoms with Gasteiger partial charge in [0, 0.05) is 21.3 Å². The molecule has 0 aliphatic carbocycles. The SMILES string of the molecule is Cc1nn(Cc2c(F)cccc2Cl)c(C)c1NC(=S)Nc1cccc(Cl)c1C. The Morgan fingerprint density at radius 1 is 1.07 bits per heavy atom. The average molecular weight is 437 g/mol. The van der Waals surface area contributed by atoms with Crippen molar-refractivity contribution in [1.82, 2.24) is 9.78 Å². The first-order valence-corrected chi connectivity index (χ1v) is 9.74. The summed E-state index contributed by atoms with van der Waals surface area (Å²) in [6.07, 6.45) is 0. The summed E-state index contributed by atoms with van der Waals surface area (Å²) in [5.41, 5.74) is 4.47.